The molecule has 7 heteroatoms. The van der Waals surface area contributed by atoms with Crippen LogP contribution in [0, 0.1) is 5.92 Å². The lowest BCUT2D eigenvalue weighted by molar-refractivity contribution is -0.133. The van der Waals surface area contributed by atoms with Gasteiger partial charge < -0.3 is 5.11 Å². The third kappa shape index (κ3) is 3.07. The first-order valence-corrected chi connectivity index (χ1v) is 9.32. The average molecular weight is 350 g/mol. The Morgan fingerprint density at radius 2 is 2.39 bits per heavy atom. The third-order valence-corrected chi connectivity index (χ3v) is 6.13. The molecule has 2 aromatic rings. The van der Waals surface area contributed by atoms with E-state index >= 15 is 0 Å². The van der Waals surface area contributed by atoms with Gasteiger partial charge in [0.05, 0.1) is 11.1 Å². The number of nitrogens with zero attached hydrogens (tertiary/aromatic N) is 2. The van der Waals surface area contributed by atoms with Crippen LogP contribution in [0.25, 0.3) is 10.2 Å². The van der Waals surface area contributed by atoms with Gasteiger partial charge in [0.25, 0.3) is 5.56 Å². The fourth-order valence-corrected chi connectivity index (χ4v) is 5.08. The maximum Gasteiger partial charge on any atom is 0.313 e. The Bertz CT molecular complexity index is 838. The SMILES string of the molecule is C=CCn1c(SCC(=O)O)nc2sc3c(c2c1=O)CCC(C)C3. The van der Waals surface area contributed by atoms with Crippen LogP contribution in [0.3, 0.4) is 0 Å². The second-order valence-corrected chi connectivity index (χ2v) is 7.84. The van der Waals surface area contributed by atoms with E-state index in [1.807, 2.05) is 0 Å². The number of allylic oxidation sites excluding steroid dienone is 1. The molecule has 3 rings (SSSR count). The highest BCUT2D eigenvalue weighted by molar-refractivity contribution is 7.99. The van der Waals surface area contributed by atoms with Crippen molar-refractivity contribution in [2.75, 3.05) is 5.75 Å². The van der Waals surface area contributed by atoms with Gasteiger partial charge in [-0.15, -0.1) is 17.9 Å². The molecule has 1 aliphatic rings. The predicted octanol–water partition coefficient (Wildman–Crippen LogP) is 2.95. The van der Waals surface area contributed by atoms with Crippen molar-refractivity contribution in [1.29, 1.82) is 0 Å². The molecule has 0 aromatic carbocycles. The van der Waals surface area contributed by atoms with Crippen LogP contribution in [-0.2, 0) is 24.2 Å². The molecule has 122 valence electrons. The summed E-state index contributed by atoms with van der Waals surface area (Å²) in [7, 11) is 0. The molecule has 1 aliphatic carbocycles. The largest absolute Gasteiger partial charge is 0.481 e. The number of carboxylic acids is 1. The Balaban J connectivity index is 2.17. The quantitative estimate of drug-likeness (QED) is 0.510. The number of hydrogen-bond acceptors (Lipinski definition) is 5. The summed E-state index contributed by atoms with van der Waals surface area (Å²) in [4.78, 5) is 30.3. The Kier molecular flexibility index (Phi) is 4.59. The summed E-state index contributed by atoms with van der Waals surface area (Å²) < 4.78 is 1.54. The lowest BCUT2D eigenvalue weighted by Gasteiger charge is -2.17. The Morgan fingerprint density at radius 3 is 3.09 bits per heavy atom. The standard InChI is InChI=1S/C16H18N2O3S2/c1-3-6-18-15(21)13-10-5-4-9(2)7-11(10)23-14(13)17-16(18)22-8-12(19)20/h3,9H,1,4-8H2,2H3,(H,19,20). The lowest BCUT2D eigenvalue weighted by Crippen LogP contribution is -2.24. The molecular weight excluding hydrogens is 332 g/mol. The smallest absolute Gasteiger partial charge is 0.313 e. The minimum absolute atomic E-state index is 0.0742. The van der Waals surface area contributed by atoms with Gasteiger partial charge in [0.1, 0.15) is 4.83 Å². The van der Waals surface area contributed by atoms with E-state index in [1.54, 1.807) is 17.4 Å². The molecular formula is C16H18N2O3S2. The van der Waals surface area contributed by atoms with Gasteiger partial charge in [-0.05, 0) is 30.7 Å². The molecule has 1 unspecified atom stereocenters. The van der Waals surface area contributed by atoms with Crippen LogP contribution in [0.15, 0.2) is 22.6 Å². The van der Waals surface area contributed by atoms with E-state index in [4.69, 9.17) is 5.11 Å². The van der Waals surface area contributed by atoms with E-state index in [1.165, 1.54) is 9.44 Å². The number of aromatic nitrogens is 2. The number of hydrogen-bond donors (Lipinski definition) is 1. The van der Waals surface area contributed by atoms with Crippen LogP contribution < -0.4 is 5.56 Å². The second kappa shape index (κ2) is 6.49. The van der Waals surface area contributed by atoms with Crippen molar-refractivity contribution in [3.8, 4) is 0 Å². The lowest BCUT2D eigenvalue weighted by atomic mass is 9.89. The summed E-state index contributed by atoms with van der Waals surface area (Å²) in [6.45, 7) is 6.25. The maximum atomic E-state index is 12.9. The van der Waals surface area contributed by atoms with Crippen molar-refractivity contribution < 1.29 is 9.90 Å². The number of thioether (sulfide) groups is 1. The van der Waals surface area contributed by atoms with Crippen LogP contribution in [-0.4, -0.2) is 26.4 Å². The molecule has 0 fully saturated rings. The predicted molar refractivity (Wildman–Crippen MR) is 93.6 cm³/mol. The van der Waals surface area contributed by atoms with E-state index in [0.29, 0.717) is 17.6 Å². The van der Waals surface area contributed by atoms with E-state index in [0.717, 1.165) is 46.8 Å². The van der Waals surface area contributed by atoms with Gasteiger partial charge in [0.2, 0.25) is 0 Å². The third-order valence-electron chi connectivity index (χ3n) is 4.02. The first-order chi connectivity index (χ1) is 11.0. The molecule has 0 radical (unpaired) electrons. The molecule has 0 amide bonds. The first kappa shape index (κ1) is 16.3. The number of thiophene rings is 1. The van der Waals surface area contributed by atoms with Crippen molar-refractivity contribution in [3.05, 3.63) is 33.4 Å². The average Bonchev–Trinajstić information content (AvgIpc) is 2.85. The summed E-state index contributed by atoms with van der Waals surface area (Å²) in [6.07, 6.45) is 4.65. The molecule has 0 saturated carbocycles. The van der Waals surface area contributed by atoms with Crippen LogP contribution in [0.2, 0.25) is 0 Å². The van der Waals surface area contributed by atoms with Gasteiger partial charge in [-0.25, -0.2) is 4.98 Å². The minimum atomic E-state index is -0.922. The Labute approximate surface area is 142 Å². The highest BCUT2D eigenvalue weighted by atomic mass is 32.2. The molecule has 2 aromatic heterocycles. The highest BCUT2D eigenvalue weighted by Crippen LogP contribution is 2.36. The molecule has 1 atom stereocenters. The summed E-state index contributed by atoms with van der Waals surface area (Å²) in [5.74, 6) is -0.405. The van der Waals surface area contributed by atoms with Gasteiger partial charge in [-0.3, -0.25) is 14.2 Å². The molecule has 2 heterocycles. The van der Waals surface area contributed by atoms with Gasteiger partial charge in [-0.1, -0.05) is 24.8 Å². The van der Waals surface area contributed by atoms with Gasteiger partial charge >= 0.3 is 5.97 Å². The monoisotopic (exact) mass is 350 g/mol. The molecule has 1 N–H and O–H groups in total. The molecule has 0 aliphatic heterocycles. The summed E-state index contributed by atoms with van der Waals surface area (Å²) in [5.41, 5.74) is 1.07. The molecule has 0 spiro atoms. The summed E-state index contributed by atoms with van der Waals surface area (Å²) in [6, 6.07) is 0. The second-order valence-electron chi connectivity index (χ2n) is 5.81. The fourth-order valence-electron chi connectivity index (χ4n) is 2.93. The molecule has 5 nitrogen and oxygen atoms in total. The zero-order chi connectivity index (χ0) is 16.6. The van der Waals surface area contributed by atoms with Crippen molar-refractivity contribution in [2.45, 2.75) is 37.9 Å². The summed E-state index contributed by atoms with van der Waals surface area (Å²) >= 11 is 2.66. The van der Waals surface area contributed by atoms with Crippen LogP contribution in [0.5, 0.6) is 0 Å². The number of carbonyl (C=O) groups is 1. The molecule has 0 bridgehead atoms. The van der Waals surface area contributed by atoms with E-state index < -0.39 is 5.97 Å². The zero-order valence-corrected chi connectivity index (χ0v) is 14.5. The Hall–Kier alpha value is -1.60. The van der Waals surface area contributed by atoms with Crippen molar-refractivity contribution in [2.24, 2.45) is 5.92 Å². The number of carboxylic acid groups (broad SMARTS) is 1. The van der Waals surface area contributed by atoms with Crippen molar-refractivity contribution in [3.63, 3.8) is 0 Å². The summed E-state index contributed by atoms with van der Waals surface area (Å²) in [5, 5.41) is 10.1. The number of fused-ring (bicyclic) bond motifs is 3. The van der Waals surface area contributed by atoms with Crippen LogP contribution >= 0.6 is 23.1 Å². The van der Waals surface area contributed by atoms with Gasteiger partial charge in [0.15, 0.2) is 5.16 Å². The highest BCUT2D eigenvalue weighted by Gasteiger charge is 2.24. The normalized spacial score (nSPS) is 17.2. The number of aliphatic carboxylic acids is 1. The van der Waals surface area contributed by atoms with Crippen LogP contribution in [0.1, 0.15) is 23.8 Å². The molecule has 23 heavy (non-hydrogen) atoms. The fraction of sp³-hybridized carbons (Fsp3) is 0.438. The van der Waals surface area contributed by atoms with E-state index in [9.17, 15) is 9.59 Å². The topological polar surface area (TPSA) is 72.2 Å². The maximum absolute atomic E-state index is 12.9. The van der Waals surface area contributed by atoms with Crippen LogP contribution in [0.4, 0.5) is 0 Å². The molecule has 0 saturated heterocycles. The van der Waals surface area contributed by atoms with Gasteiger partial charge in [0, 0.05) is 11.4 Å². The van der Waals surface area contributed by atoms with E-state index in [-0.39, 0.29) is 11.3 Å². The number of rotatable bonds is 5. The first-order valence-electron chi connectivity index (χ1n) is 7.51. The Morgan fingerprint density at radius 1 is 1.61 bits per heavy atom. The minimum Gasteiger partial charge on any atom is -0.481 e. The van der Waals surface area contributed by atoms with Crippen molar-refractivity contribution in [1.82, 2.24) is 9.55 Å². The van der Waals surface area contributed by atoms with Crippen molar-refractivity contribution >= 4 is 39.3 Å². The van der Waals surface area contributed by atoms with Gasteiger partial charge in [-0.2, -0.15) is 0 Å². The van der Waals surface area contributed by atoms with E-state index in [2.05, 4.69) is 18.5 Å². The zero-order valence-electron chi connectivity index (χ0n) is 12.9. The number of aryl methyl sites for hydroxylation is 1.